The number of aromatic nitrogens is 3. The molecule has 3 aromatic rings. The fraction of sp³-hybridized carbons (Fsp3) is 0.0625. The van der Waals surface area contributed by atoms with E-state index in [1.165, 1.54) is 6.92 Å². The predicted octanol–water partition coefficient (Wildman–Crippen LogP) is 2.79. The molecule has 0 radical (unpaired) electrons. The van der Waals surface area contributed by atoms with Gasteiger partial charge in [-0.2, -0.15) is 4.98 Å². The molecule has 2 aromatic carbocycles. The lowest BCUT2D eigenvalue weighted by molar-refractivity contribution is -0.214. The molecule has 3 rings (SSSR count). The first-order chi connectivity index (χ1) is 10.7. The van der Waals surface area contributed by atoms with Gasteiger partial charge in [-0.3, -0.25) is 0 Å². The van der Waals surface area contributed by atoms with Crippen LogP contribution in [0.5, 0.6) is 6.01 Å². The van der Waals surface area contributed by atoms with E-state index in [-0.39, 0.29) is 6.01 Å². The van der Waals surface area contributed by atoms with Gasteiger partial charge in [-0.15, -0.1) is 5.10 Å². The van der Waals surface area contributed by atoms with Crippen molar-refractivity contribution in [2.75, 3.05) is 0 Å². The number of hydrogen-bond donors (Lipinski definition) is 0. The Kier molecular flexibility index (Phi) is 3.82. The lowest BCUT2D eigenvalue weighted by Crippen LogP contribution is -2.04. The van der Waals surface area contributed by atoms with Crippen LogP contribution in [0.3, 0.4) is 0 Å². The van der Waals surface area contributed by atoms with Gasteiger partial charge < -0.3 is 0 Å². The maximum atomic E-state index is 10.8. The van der Waals surface area contributed by atoms with Gasteiger partial charge in [0.25, 0.3) is 0 Å². The third kappa shape index (κ3) is 2.95. The summed E-state index contributed by atoms with van der Waals surface area (Å²) in [4.78, 5) is 24.5. The normalized spacial score (nSPS) is 10.2. The quantitative estimate of drug-likeness (QED) is 0.547. The van der Waals surface area contributed by atoms with Crippen LogP contribution >= 0.6 is 0 Å². The molecular weight excluding hydrogens is 282 g/mol. The van der Waals surface area contributed by atoms with Crippen molar-refractivity contribution in [2.24, 2.45) is 0 Å². The monoisotopic (exact) mass is 295 g/mol. The molecule has 0 amide bonds. The fourth-order valence-corrected chi connectivity index (χ4v) is 1.95. The molecule has 0 saturated heterocycles. The highest BCUT2D eigenvalue weighted by Crippen LogP contribution is 2.23. The molecule has 0 N–H and O–H groups in total. The van der Waals surface area contributed by atoms with Crippen molar-refractivity contribution in [3.63, 3.8) is 0 Å². The van der Waals surface area contributed by atoms with Gasteiger partial charge in [0.1, 0.15) is 0 Å². The number of nitrogens with zero attached hydrogens (tertiary/aromatic N) is 3. The molecule has 0 aliphatic carbocycles. The van der Waals surface area contributed by atoms with Crippen LogP contribution in [0, 0.1) is 0 Å². The number of hydrogen-bond acceptors (Lipinski definition) is 5. The minimum absolute atomic E-state index is 0.0297. The Balaban J connectivity index is 2.04. The first-order valence-electron chi connectivity index (χ1n) is 6.67. The van der Waals surface area contributed by atoms with Crippen LogP contribution in [-0.2, 0) is 9.68 Å². The zero-order valence-electron chi connectivity index (χ0n) is 11.8. The van der Waals surface area contributed by atoms with Crippen LogP contribution in [0.15, 0.2) is 60.7 Å². The average Bonchev–Trinajstić information content (AvgIpc) is 2.99. The molecule has 0 fully saturated rings. The Morgan fingerprint density at radius 2 is 1.64 bits per heavy atom. The maximum absolute atomic E-state index is 10.8. The summed E-state index contributed by atoms with van der Waals surface area (Å²) in [6.45, 7) is 1.24. The van der Waals surface area contributed by atoms with Gasteiger partial charge in [-0.25, -0.2) is 19.3 Å². The van der Waals surface area contributed by atoms with E-state index in [0.717, 1.165) is 11.3 Å². The fourth-order valence-electron chi connectivity index (χ4n) is 1.95. The van der Waals surface area contributed by atoms with Crippen LogP contribution in [0.25, 0.3) is 17.1 Å². The van der Waals surface area contributed by atoms with Crippen LogP contribution in [0.2, 0.25) is 0 Å². The van der Waals surface area contributed by atoms with Gasteiger partial charge in [0.05, 0.1) is 5.69 Å². The summed E-state index contributed by atoms with van der Waals surface area (Å²) in [5.74, 6) is 0.0197. The molecule has 6 heteroatoms. The van der Waals surface area contributed by atoms with Crippen molar-refractivity contribution >= 4 is 5.97 Å². The molecular formula is C16H13N3O3. The third-order valence-corrected chi connectivity index (χ3v) is 2.85. The van der Waals surface area contributed by atoms with Gasteiger partial charge in [0.15, 0.2) is 5.82 Å². The zero-order chi connectivity index (χ0) is 15.4. The zero-order valence-corrected chi connectivity index (χ0v) is 11.8. The highest BCUT2D eigenvalue weighted by atomic mass is 17.2. The van der Waals surface area contributed by atoms with Gasteiger partial charge in [-0.1, -0.05) is 48.5 Å². The minimum atomic E-state index is -0.572. The van der Waals surface area contributed by atoms with Crippen LogP contribution in [-0.4, -0.2) is 20.7 Å². The third-order valence-electron chi connectivity index (χ3n) is 2.85. The molecule has 22 heavy (non-hydrogen) atoms. The molecule has 0 atom stereocenters. The van der Waals surface area contributed by atoms with Crippen LogP contribution < -0.4 is 4.89 Å². The van der Waals surface area contributed by atoms with E-state index in [0.29, 0.717) is 5.82 Å². The lowest BCUT2D eigenvalue weighted by atomic mass is 10.2. The van der Waals surface area contributed by atoms with E-state index < -0.39 is 5.97 Å². The van der Waals surface area contributed by atoms with E-state index in [4.69, 9.17) is 4.89 Å². The Morgan fingerprint density at radius 1 is 1.00 bits per heavy atom. The predicted molar refractivity (Wildman–Crippen MR) is 79.2 cm³/mol. The summed E-state index contributed by atoms with van der Waals surface area (Å²) in [7, 11) is 0. The van der Waals surface area contributed by atoms with Crippen LogP contribution in [0.1, 0.15) is 6.92 Å². The maximum Gasteiger partial charge on any atom is 0.386 e. The van der Waals surface area contributed by atoms with Crippen molar-refractivity contribution < 1.29 is 14.6 Å². The van der Waals surface area contributed by atoms with Crippen molar-refractivity contribution in [2.45, 2.75) is 6.92 Å². The van der Waals surface area contributed by atoms with Crippen molar-refractivity contribution in [3.05, 3.63) is 60.7 Å². The average molecular weight is 295 g/mol. The Bertz CT molecular complexity index is 713. The van der Waals surface area contributed by atoms with Crippen molar-refractivity contribution in [1.82, 2.24) is 14.8 Å². The largest absolute Gasteiger partial charge is 0.386 e. The first-order valence-corrected chi connectivity index (χ1v) is 6.67. The molecule has 0 saturated carbocycles. The van der Waals surface area contributed by atoms with Crippen LogP contribution in [0.4, 0.5) is 0 Å². The topological polar surface area (TPSA) is 66.2 Å². The SMILES string of the molecule is CC(=O)OOc1nc(-c2ccccc2)n(-c2ccccc2)n1. The van der Waals surface area contributed by atoms with Gasteiger partial charge >= 0.3 is 12.0 Å². The highest BCUT2D eigenvalue weighted by Gasteiger charge is 2.15. The Hall–Kier alpha value is -3.15. The Labute approximate surface area is 126 Å². The van der Waals surface area contributed by atoms with Crippen molar-refractivity contribution in [3.8, 4) is 23.1 Å². The second-order valence-electron chi connectivity index (χ2n) is 4.49. The van der Waals surface area contributed by atoms with Gasteiger partial charge in [0, 0.05) is 12.5 Å². The van der Waals surface area contributed by atoms with E-state index in [1.54, 1.807) is 4.68 Å². The summed E-state index contributed by atoms with van der Waals surface area (Å²) in [5, 5.41) is 4.23. The Morgan fingerprint density at radius 3 is 2.27 bits per heavy atom. The molecule has 110 valence electrons. The first kappa shape index (κ1) is 13.8. The van der Waals surface area contributed by atoms with E-state index >= 15 is 0 Å². The number of rotatable bonds is 4. The number of para-hydroxylation sites is 1. The van der Waals surface area contributed by atoms with Gasteiger partial charge in [0.2, 0.25) is 0 Å². The highest BCUT2D eigenvalue weighted by molar-refractivity contribution is 5.65. The van der Waals surface area contributed by atoms with Crippen molar-refractivity contribution in [1.29, 1.82) is 0 Å². The number of benzene rings is 2. The molecule has 0 bridgehead atoms. The summed E-state index contributed by atoms with van der Waals surface area (Å²) in [5.41, 5.74) is 1.70. The van der Waals surface area contributed by atoms with E-state index in [9.17, 15) is 4.79 Å². The molecule has 6 nitrogen and oxygen atoms in total. The minimum Gasteiger partial charge on any atom is -0.248 e. The molecule has 0 aliphatic heterocycles. The van der Waals surface area contributed by atoms with Gasteiger partial charge in [-0.05, 0) is 12.1 Å². The molecule has 0 unspecified atom stereocenters. The summed E-state index contributed by atoms with van der Waals surface area (Å²) in [6, 6.07) is 19.1. The number of carbonyl (C=O) groups is 1. The van der Waals surface area contributed by atoms with E-state index in [2.05, 4.69) is 15.0 Å². The number of carbonyl (C=O) groups excluding carboxylic acids is 1. The molecule has 0 spiro atoms. The summed E-state index contributed by atoms with van der Waals surface area (Å²) in [6.07, 6.45) is 0. The second-order valence-corrected chi connectivity index (χ2v) is 4.49. The molecule has 1 aromatic heterocycles. The lowest BCUT2D eigenvalue weighted by Gasteiger charge is -2.04. The standard InChI is InChI=1S/C16H13N3O3/c1-12(20)21-22-16-17-15(13-8-4-2-5-9-13)19(18-16)14-10-6-3-7-11-14/h2-11H,1H3. The summed E-state index contributed by atoms with van der Waals surface area (Å²) < 4.78 is 1.63. The molecule has 1 heterocycles. The second kappa shape index (κ2) is 6.09. The summed E-state index contributed by atoms with van der Waals surface area (Å²) >= 11 is 0. The van der Waals surface area contributed by atoms with E-state index in [1.807, 2.05) is 60.7 Å². The molecule has 0 aliphatic rings. The smallest absolute Gasteiger partial charge is 0.248 e.